The topological polar surface area (TPSA) is 53.8 Å². The highest BCUT2D eigenvalue weighted by Crippen LogP contribution is 2.16. The van der Waals surface area contributed by atoms with E-state index < -0.39 is 0 Å². The van der Waals surface area contributed by atoms with Gasteiger partial charge in [-0.25, -0.2) is 13.7 Å². The Morgan fingerprint density at radius 1 is 0.964 bits per heavy atom. The summed E-state index contributed by atoms with van der Waals surface area (Å²) in [5.41, 5.74) is 9.24. The molecule has 0 aliphatic heterocycles. The first-order valence-electron chi connectivity index (χ1n) is 8.68. The minimum Gasteiger partial charge on any atom is -1.00 e. The van der Waals surface area contributed by atoms with Gasteiger partial charge in [0.15, 0.2) is 18.9 Å². The second-order valence-electron chi connectivity index (χ2n) is 6.45. The van der Waals surface area contributed by atoms with Crippen LogP contribution < -0.4 is 67.9 Å². The Labute approximate surface area is 200 Å². The summed E-state index contributed by atoms with van der Waals surface area (Å²) in [5.74, 6) is -0.0911. The number of rotatable bonds is 7. The Hall–Kier alpha value is -1.69. The maximum atomic E-state index is 12.1. The first-order chi connectivity index (χ1) is 12.6. The van der Waals surface area contributed by atoms with E-state index >= 15 is 0 Å². The van der Waals surface area contributed by atoms with Crippen molar-refractivity contribution in [2.24, 2.45) is 14.1 Å². The van der Waals surface area contributed by atoms with Crippen LogP contribution in [0.1, 0.15) is 11.1 Å². The summed E-state index contributed by atoms with van der Waals surface area (Å²) in [4.78, 5) is 12.1. The molecular weight excluding hydrogens is 580 g/mol. The van der Waals surface area contributed by atoms with Gasteiger partial charge >= 0.3 is 0 Å². The number of para-hydroxylation sites is 1. The number of hydrogen-bond donors (Lipinski definition) is 2. The van der Waals surface area contributed by atoms with Crippen LogP contribution in [0.5, 0.6) is 0 Å². The van der Waals surface area contributed by atoms with Gasteiger partial charge in [-0.3, -0.25) is 15.6 Å². The molecule has 2 N–H and O–H groups in total. The van der Waals surface area contributed by atoms with Crippen LogP contribution in [0.25, 0.3) is 0 Å². The van der Waals surface area contributed by atoms with Crippen molar-refractivity contribution in [2.45, 2.75) is 19.4 Å². The molecular formula is C20H25I2N5O. The van der Waals surface area contributed by atoms with Crippen LogP contribution in [0, 0.1) is 0 Å². The molecule has 0 spiro atoms. The number of hydrazine groups is 1. The number of hydrogen-bond acceptors (Lipinski definition) is 2. The SMILES string of the molecule is C[n+]1ccc(CCc2ccccc2NNC(=O)Cn2cc[n+](C)c2)cc1.[I-].[I-]. The number of anilines is 1. The van der Waals surface area contributed by atoms with Gasteiger partial charge in [-0.05, 0) is 30.0 Å². The molecule has 28 heavy (non-hydrogen) atoms. The molecule has 8 heteroatoms. The van der Waals surface area contributed by atoms with Crippen molar-refractivity contribution in [1.29, 1.82) is 0 Å². The van der Waals surface area contributed by atoms with Crippen molar-refractivity contribution in [3.8, 4) is 0 Å². The Kier molecular flexibility index (Phi) is 10.4. The first kappa shape index (κ1) is 24.3. The fraction of sp³-hybridized carbons (Fsp3) is 0.250. The smallest absolute Gasteiger partial charge is 0.280 e. The Morgan fingerprint density at radius 2 is 1.68 bits per heavy atom. The number of halogens is 2. The minimum atomic E-state index is -0.0911. The van der Waals surface area contributed by atoms with E-state index in [1.165, 1.54) is 11.1 Å². The lowest BCUT2D eigenvalue weighted by Gasteiger charge is -2.12. The molecule has 0 saturated carbocycles. The summed E-state index contributed by atoms with van der Waals surface area (Å²) in [7, 11) is 3.94. The lowest BCUT2D eigenvalue weighted by Crippen LogP contribution is -3.00. The van der Waals surface area contributed by atoms with Gasteiger partial charge < -0.3 is 48.0 Å². The van der Waals surface area contributed by atoms with Crippen LogP contribution in [0.3, 0.4) is 0 Å². The maximum Gasteiger partial charge on any atom is 0.280 e. The quantitative estimate of drug-likeness (QED) is 0.161. The van der Waals surface area contributed by atoms with Crippen LogP contribution in [0.15, 0.2) is 67.5 Å². The zero-order valence-electron chi connectivity index (χ0n) is 16.0. The average molecular weight is 605 g/mol. The van der Waals surface area contributed by atoms with E-state index in [2.05, 4.69) is 41.4 Å². The third-order valence-corrected chi connectivity index (χ3v) is 4.23. The summed E-state index contributed by atoms with van der Waals surface area (Å²) in [5, 5.41) is 0. The molecule has 0 radical (unpaired) electrons. The highest BCUT2D eigenvalue weighted by molar-refractivity contribution is 5.77. The Morgan fingerprint density at radius 3 is 2.36 bits per heavy atom. The molecule has 0 bridgehead atoms. The van der Waals surface area contributed by atoms with Gasteiger partial charge in [0.25, 0.3) is 5.91 Å². The number of carbonyl (C=O) groups is 1. The van der Waals surface area contributed by atoms with Gasteiger partial charge in [0, 0.05) is 12.1 Å². The van der Waals surface area contributed by atoms with Gasteiger partial charge in [0.05, 0.1) is 12.7 Å². The molecule has 3 rings (SSSR count). The lowest BCUT2D eigenvalue weighted by atomic mass is 10.0. The molecule has 2 heterocycles. The van der Waals surface area contributed by atoms with Crippen molar-refractivity contribution >= 4 is 11.6 Å². The van der Waals surface area contributed by atoms with E-state index in [1.807, 2.05) is 64.7 Å². The third kappa shape index (κ3) is 7.38. The van der Waals surface area contributed by atoms with Gasteiger partial charge in [-0.15, -0.1) is 0 Å². The van der Waals surface area contributed by atoms with E-state index in [-0.39, 0.29) is 60.4 Å². The number of pyridine rings is 1. The van der Waals surface area contributed by atoms with Crippen LogP contribution in [0.2, 0.25) is 0 Å². The Balaban J connectivity index is 0.00000196. The number of benzene rings is 1. The number of aryl methyl sites for hydroxylation is 4. The summed E-state index contributed by atoms with van der Waals surface area (Å²) in [6.45, 7) is 0.275. The zero-order valence-corrected chi connectivity index (χ0v) is 20.3. The standard InChI is InChI=1S/C20H24N5O.2HI/c1-23-11-9-17(10-12-23)7-8-18-5-3-4-6-19(18)21-22-20(26)15-25-14-13-24(2)16-25;;/h3-6,9-14,16,21H,7-8,15H2,1-2H3;2*1H/q+1;;/p-1. The van der Waals surface area contributed by atoms with Crippen LogP contribution in [-0.4, -0.2) is 10.5 Å². The minimum absolute atomic E-state index is 0. The molecule has 1 aromatic carbocycles. The van der Waals surface area contributed by atoms with E-state index in [9.17, 15) is 4.79 Å². The van der Waals surface area contributed by atoms with Gasteiger partial charge in [-0.1, -0.05) is 18.2 Å². The van der Waals surface area contributed by atoms with E-state index in [1.54, 1.807) is 0 Å². The molecule has 2 aromatic heterocycles. The number of nitrogens with one attached hydrogen (secondary N) is 2. The largest absolute Gasteiger partial charge is 1.00 e. The van der Waals surface area contributed by atoms with Crippen molar-refractivity contribution in [3.05, 3.63) is 78.6 Å². The molecule has 0 unspecified atom stereocenters. The zero-order chi connectivity index (χ0) is 18.4. The van der Waals surface area contributed by atoms with Crippen LogP contribution in [-0.2, 0) is 38.3 Å². The van der Waals surface area contributed by atoms with Crippen molar-refractivity contribution in [3.63, 3.8) is 0 Å². The summed E-state index contributed by atoms with van der Waals surface area (Å²) < 4.78 is 5.76. The highest BCUT2D eigenvalue weighted by atomic mass is 127. The molecule has 0 saturated heterocycles. The number of aromatic nitrogens is 3. The average Bonchev–Trinajstić information content (AvgIpc) is 3.05. The molecule has 0 atom stereocenters. The fourth-order valence-corrected chi connectivity index (χ4v) is 2.78. The normalized spacial score (nSPS) is 9.79. The number of imidazole rings is 1. The first-order valence-corrected chi connectivity index (χ1v) is 8.68. The molecule has 1 amide bonds. The molecule has 6 nitrogen and oxygen atoms in total. The summed E-state index contributed by atoms with van der Waals surface area (Å²) in [6.07, 6.45) is 11.6. The molecule has 0 aliphatic rings. The predicted octanol–water partition coefficient (Wildman–Crippen LogP) is -4.93. The van der Waals surface area contributed by atoms with Crippen LogP contribution in [0.4, 0.5) is 5.69 Å². The van der Waals surface area contributed by atoms with Gasteiger partial charge in [0.2, 0.25) is 6.33 Å². The lowest BCUT2D eigenvalue weighted by molar-refractivity contribution is -0.671. The van der Waals surface area contributed by atoms with E-state index in [0.29, 0.717) is 0 Å². The summed E-state index contributed by atoms with van der Waals surface area (Å²) >= 11 is 0. The van der Waals surface area contributed by atoms with Gasteiger partial charge in [-0.2, -0.15) is 0 Å². The molecule has 0 fully saturated rings. The fourth-order valence-electron chi connectivity index (χ4n) is 2.78. The maximum absolute atomic E-state index is 12.1. The number of carbonyl (C=O) groups excluding carboxylic acids is 1. The number of amides is 1. The second-order valence-corrected chi connectivity index (χ2v) is 6.45. The van der Waals surface area contributed by atoms with Crippen molar-refractivity contribution in [1.82, 2.24) is 9.99 Å². The molecule has 0 aliphatic carbocycles. The van der Waals surface area contributed by atoms with E-state index in [0.717, 1.165) is 18.5 Å². The van der Waals surface area contributed by atoms with Crippen molar-refractivity contribution < 1.29 is 61.9 Å². The third-order valence-electron chi connectivity index (χ3n) is 4.23. The summed E-state index contributed by atoms with van der Waals surface area (Å²) in [6, 6.07) is 12.3. The number of nitrogens with zero attached hydrogens (tertiary/aromatic N) is 3. The van der Waals surface area contributed by atoms with Crippen LogP contribution >= 0.6 is 0 Å². The van der Waals surface area contributed by atoms with E-state index in [4.69, 9.17) is 0 Å². The monoisotopic (exact) mass is 605 g/mol. The van der Waals surface area contributed by atoms with Gasteiger partial charge in [0.1, 0.15) is 19.4 Å². The highest BCUT2D eigenvalue weighted by Gasteiger charge is 2.09. The Bertz CT molecular complexity index is 880. The second kappa shape index (κ2) is 12.0. The predicted molar refractivity (Wildman–Crippen MR) is 98.8 cm³/mol. The molecule has 150 valence electrons. The van der Waals surface area contributed by atoms with Crippen molar-refractivity contribution in [2.75, 3.05) is 5.43 Å². The molecule has 3 aromatic rings.